The lowest BCUT2D eigenvalue weighted by Gasteiger charge is -2.04. The minimum atomic E-state index is -0.609. The van der Waals surface area contributed by atoms with E-state index >= 15 is 0 Å². The molecule has 0 saturated heterocycles. The number of rotatable bonds is 4. The maximum atomic E-state index is 12.4. The molecule has 0 amide bonds. The predicted octanol–water partition coefficient (Wildman–Crippen LogP) is 4.89. The zero-order chi connectivity index (χ0) is 19.4. The standard InChI is InChI=1S/C21H19NO4S/c1-3-26-21(25)18-19(24)17(12-14-6-10-16(23)11-7-14)27-20(18)22-15-8-4-13(2)5-9-15/h4-12,23-24H,3H2,1-2H3/b17-12-,22-20?. The summed E-state index contributed by atoms with van der Waals surface area (Å²) in [4.78, 5) is 17.4. The van der Waals surface area contributed by atoms with E-state index in [-0.39, 0.29) is 23.7 Å². The molecular weight excluding hydrogens is 362 g/mol. The van der Waals surface area contributed by atoms with Crippen LogP contribution in [0.15, 0.2) is 69.8 Å². The van der Waals surface area contributed by atoms with Gasteiger partial charge in [-0.1, -0.05) is 41.6 Å². The van der Waals surface area contributed by atoms with Crippen molar-refractivity contribution in [2.75, 3.05) is 6.61 Å². The maximum absolute atomic E-state index is 12.4. The number of aromatic hydroxyl groups is 1. The number of carbonyl (C=O) groups is 1. The minimum Gasteiger partial charge on any atom is -0.508 e. The highest BCUT2D eigenvalue weighted by Crippen LogP contribution is 2.40. The quantitative estimate of drug-likeness (QED) is 0.737. The van der Waals surface area contributed by atoms with Gasteiger partial charge in [-0.2, -0.15) is 0 Å². The van der Waals surface area contributed by atoms with E-state index in [1.807, 2.05) is 31.2 Å². The molecule has 0 fully saturated rings. The molecule has 2 N–H and O–H groups in total. The Hall–Kier alpha value is -2.99. The monoisotopic (exact) mass is 381 g/mol. The molecule has 0 aromatic heterocycles. The number of phenolic OH excluding ortho intramolecular Hbond substituents is 1. The number of carbonyl (C=O) groups excluding carboxylic acids is 1. The Balaban J connectivity index is 2.02. The average molecular weight is 381 g/mol. The number of nitrogens with zero attached hydrogens (tertiary/aromatic N) is 1. The summed E-state index contributed by atoms with van der Waals surface area (Å²) < 4.78 is 5.09. The molecule has 1 aliphatic heterocycles. The van der Waals surface area contributed by atoms with Crippen LogP contribution in [0.25, 0.3) is 6.08 Å². The van der Waals surface area contributed by atoms with Gasteiger partial charge in [-0.05, 0) is 49.8 Å². The second-order valence-corrected chi connectivity index (χ2v) is 6.93. The molecule has 3 rings (SSSR count). The van der Waals surface area contributed by atoms with Gasteiger partial charge in [0.15, 0.2) is 0 Å². The summed E-state index contributed by atoms with van der Waals surface area (Å²) in [5.74, 6) is -0.607. The van der Waals surface area contributed by atoms with Gasteiger partial charge in [-0.15, -0.1) is 0 Å². The Bertz CT molecular complexity index is 941. The summed E-state index contributed by atoms with van der Waals surface area (Å²) in [5.41, 5.74) is 2.63. The number of thioether (sulfide) groups is 1. The van der Waals surface area contributed by atoms with E-state index in [1.165, 1.54) is 11.8 Å². The van der Waals surface area contributed by atoms with Crippen molar-refractivity contribution in [2.24, 2.45) is 4.99 Å². The molecule has 2 aromatic rings. The molecule has 0 aliphatic carbocycles. The summed E-state index contributed by atoms with van der Waals surface area (Å²) in [6, 6.07) is 14.1. The Morgan fingerprint density at radius 3 is 2.41 bits per heavy atom. The van der Waals surface area contributed by atoms with Gasteiger partial charge in [-0.3, -0.25) is 0 Å². The van der Waals surface area contributed by atoms with E-state index in [0.29, 0.717) is 15.6 Å². The molecule has 0 spiro atoms. The van der Waals surface area contributed by atoms with E-state index in [4.69, 9.17) is 4.74 Å². The highest BCUT2D eigenvalue weighted by Gasteiger charge is 2.33. The first-order valence-corrected chi connectivity index (χ1v) is 9.24. The van der Waals surface area contributed by atoms with Crippen LogP contribution in [0.4, 0.5) is 5.69 Å². The summed E-state index contributed by atoms with van der Waals surface area (Å²) >= 11 is 1.20. The van der Waals surface area contributed by atoms with Crippen molar-refractivity contribution in [1.82, 2.24) is 0 Å². The third-order valence-electron chi connectivity index (χ3n) is 3.83. The summed E-state index contributed by atoms with van der Waals surface area (Å²) in [7, 11) is 0. The van der Waals surface area contributed by atoms with Crippen LogP contribution in [0.5, 0.6) is 5.75 Å². The Kier molecular flexibility index (Phi) is 5.66. The van der Waals surface area contributed by atoms with Gasteiger partial charge in [0.25, 0.3) is 0 Å². The molecule has 0 unspecified atom stereocenters. The van der Waals surface area contributed by atoms with Gasteiger partial charge in [0.1, 0.15) is 22.1 Å². The summed E-state index contributed by atoms with van der Waals surface area (Å²) in [6.45, 7) is 3.90. The molecule has 1 aliphatic rings. The van der Waals surface area contributed by atoms with Crippen molar-refractivity contribution < 1.29 is 19.7 Å². The molecule has 0 bridgehead atoms. The number of aryl methyl sites for hydroxylation is 1. The first kappa shape index (κ1) is 18.8. The molecule has 5 nitrogen and oxygen atoms in total. The fourth-order valence-corrected chi connectivity index (χ4v) is 3.49. The van der Waals surface area contributed by atoms with Crippen molar-refractivity contribution in [3.05, 3.63) is 75.9 Å². The zero-order valence-electron chi connectivity index (χ0n) is 15.0. The van der Waals surface area contributed by atoms with Crippen LogP contribution in [0.1, 0.15) is 18.1 Å². The van der Waals surface area contributed by atoms with Crippen molar-refractivity contribution in [1.29, 1.82) is 0 Å². The largest absolute Gasteiger partial charge is 0.508 e. The van der Waals surface area contributed by atoms with E-state index in [9.17, 15) is 15.0 Å². The van der Waals surface area contributed by atoms with Crippen LogP contribution in [0.2, 0.25) is 0 Å². The molecule has 138 valence electrons. The van der Waals surface area contributed by atoms with Crippen LogP contribution in [0.3, 0.4) is 0 Å². The topological polar surface area (TPSA) is 79.1 Å². The fourth-order valence-electron chi connectivity index (χ4n) is 2.45. The molecule has 27 heavy (non-hydrogen) atoms. The lowest BCUT2D eigenvalue weighted by molar-refractivity contribution is -0.138. The summed E-state index contributed by atoms with van der Waals surface area (Å²) in [5, 5.41) is 20.4. The predicted molar refractivity (Wildman–Crippen MR) is 108 cm³/mol. The lowest BCUT2D eigenvalue weighted by atomic mass is 10.1. The average Bonchev–Trinajstić information content (AvgIpc) is 2.94. The smallest absolute Gasteiger partial charge is 0.344 e. The van der Waals surface area contributed by atoms with E-state index in [0.717, 1.165) is 11.1 Å². The molecule has 2 aromatic carbocycles. The third kappa shape index (κ3) is 4.41. The molecular formula is C21H19NO4S. The molecule has 1 heterocycles. The number of phenols is 1. The van der Waals surface area contributed by atoms with Gasteiger partial charge in [0, 0.05) is 0 Å². The molecule has 0 atom stereocenters. The molecule has 0 saturated carbocycles. The van der Waals surface area contributed by atoms with Gasteiger partial charge >= 0.3 is 5.97 Å². The number of hydrogen-bond donors (Lipinski definition) is 2. The Labute approximate surface area is 161 Å². The van der Waals surface area contributed by atoms with Crippen LogP contribution in [-0.2, 0) is 9.53 Å². The second kappa shape index (κ2) is 8.14. The first-order chi connectivity index (χ1) is 13.0. The van der Waals surface area contributed by atoms with Crippen LogP contribution in [-0.4, -0.2) is 27.8 Å². The highest BCUT2D eigenvalue weighted by molar-refractivity contribution is 8.18. The minimum absolute atomic E-state index is 0.0625. The van der Waals surface area contributed by atoms with E-state index < -0.39 is 5.97 Å². The van der Waals surface area contributed by atoms with Crippen LogP contribution < -0.4 is 0 Å². The van der Waals surface area contributed by atoms with Crippen molar-refractivity contribution in [3.8, 4) is 5.75 Å². The van der Waals surface area contributed by atoms with Gasteiger partial charge in [0.05, 0.1) is 17.2 Å². The second-order valence-electron chi connectivity index (χ2n) is 5.90. The van der Waals surface area contributed by atoms with Crippen molar-refractivity contribution in [2.45, 2.75) is 13.8 Å². The van der Waals surface area contributed by atoms with Crippen LogP contribution in [0, 0.1) is 6.92 Å². The SMILES string of the molecule is CCOC(=O)C1=C(O)/C(=C/c2ccc(O)cc2)SC1=Nc1ccc(C)cc1. The normalized spacial score (nSPS) is 17.0. The van der Waals surface area contributed by atoms with Crippen molar-refractivity contribution in [3.63, 3.8) is 0 Å². The number of esters is 1. The fraction of sp³-hybridized carbons (Fsp3) is 0.143. The van der Waals surface area contributed by atoms with Crippen molar-refractivity contribution >= 4 is 34.5 Å². The summed E-state index contributed by atoms with van der Waals surface area (Å²) in [6.07, 6.45) is 1.73. The number of aliphatic imine (C=N–C) groups is 1. The number of aliphatic hydroxyl groups is 1. The van der Waals surface area contributed by atoms with Gasteiger partial charge in [0.2, 0.25) is 0 Å². The van der Waals surface area contributed by atoms with E-state index in [1.54, 1.807) is 37.3 Å². The van der Waals surface area contributed by atoms with Gasteiger partial charge in [-0.25, -0.2) is 9.79 Å². The lowest BCUT2D eigenvalue weighted by Crippen LogP contribution is -2.12. The number of hydrogen-bond acceptors (Lipinski definition) is 6. The molecule has 6 heteroatoms. The third-order valence-corrected chi connectivity index (χ3v) is 4.85. The molecule has 0 radical (unpaired) electrons. The maximum Gasteiger partial charge on any atom is 0.344 e. The Morgan fingerprint density at radius 1 is 1.11 bits per heavy atom. The van der Waals surface area contributed by atoms with Crippen LogP contribution >= 0.6 is 11.8 Å². The number of aliphatic hydroxyl groups excluding tert-OH is 1. The zero-order valence-corrected chi connectivity index (χ0v) is 15.8. The highest BCUT2D eigenvalue weighted by atomic mass is 32.2. The van der Waals surface area contributed by atoms with E-state index in [2.05, 4.69) is 4.99 Å². The Morgan fingerprint density at radius 2 is 1.78 bits per heavy atom. The number of benzene rings is 2. The first-order valence-electron chi connectivity index (χ1n) is 8.43. The number of ether oxygens (including phenoxy) is 1. The van der Waals surface area contributed by atoms with Gasteiger partial charge < -0.3 is 14.9 Å².